The second-order valence-corrected chi connectivity index (χ2v) is 5.91. The normalized spacial score (nSPS) is 14.1. The van der Waals surface area contributed by atoms with Gasteiger partial charge in [-0.25, -0.2) is 4.98 Å². The van der Waals surface area contributed by atoms with Crippen molar-refractivity contribution in [3.8, 4) is 0 Å². The summed E-state index contributed by atoms with van der Waals surface area (Å²) in [6.07, 6.45) is 6.27. The highest BCUT2D eigenvalue weighted by Gasteiger charge is 2.35. The van der Waals surface area contributed by atoms with Crippen LogP contribution < -0.4 is 5.32 Å². The Kier molecular flexibility index (Phi) is 6.01. The zero-order valence-electron chi connectivity index (χ0n) is 13.4. The maximum atomic E-state index is 4.61. The van der Waals surface area contributed by atoms with E-state index in [9.17, 15) is 0 Å². The Bertz CT molecular complexity index is 368. The van der Waals surface area contributed by atoms with E-state index in [-0.39, 0.29) is 11.6 Å². The number of hydrogen-bond donors (Lipinski definition) is 1. The molecule has 0 bridgehead atoms. The van der Waals surface area contributed by atoms with Crippen molar-refractivity contribution in [2.24, 2.45) is 0 Å². The van der Waals surface area contributed by atoms with Crippen LogP contribution in [-0.4, -0.2) is 40.6 Å². The highest BCUT2D eigenvalue weighted by atomic mass is 15.2. The number of imidazole rings is 1. The summed E-state index contributed by atoms with van der Waals surface area (Å²) in [7, 11) is 4.27. The van der Waals surface area contributed by atoms with E-state index in [2.05, 4.69) is 67.8 Å². The molecule has 1 atom stereocenters. The highest BCUT2D eigenvalue weighted by Crippen LogP contribution is 2.28. The average Bonchev–Trinajstić information content (AvgIpc) is 2.78. The number of likely N-dealkylation sites (N-methyl/N-ethyl adjacent to an activating group) is 1. The van der Waals surface area contributed by atoms with Crippen LogP contribution in [0.25, 0.3) is 0 Å². The molecule has 0 saturated carbocycles. The standard InChI is InChI=1S/C15H30N4/c1-7-9-16-13(15(3,4)18(5)6)14-17-10-12-19(14)11-8-2/h10,12-13,16H,7-9,11H2,1-6H3. The fourth-order valence-corrected chi connectivity index (χ4v) is 2.21. The van der Waals surface area contributed by atoms with Crippen LogP contribution in [0.4, 0.5) is 0 Å². The molecule has 110 valence electrons. The summed E-state index contributed by atoms with van der Waals surface area (Å²) in [5.74, 6) is 1.15. The van der Waals surface area contributed by atoms with E-state index in [4.69, 9.17) is 0 Å². The van der Waals surface area contributed by atoms with Gasteiger partial charge in [0.15, 0.2) is 0 Å². The van der Waals surface area contributed by atoms with Gasteiger partial charge >= 0.3 is 0 Å². The third-order valence-electron chi connectivity index (χ3n) is 3.93. The van der Waals surface area contributed by atoms with Crippen molar-refractivity contribution < 1.29 is 0 Å². The Morgan fingerprint density at radius 3 is 2.53 bits per heavy atom. The number of nitrogens with one attached hydrogen (secondary N) is 1. The number of nitrogens with zero attached hydrogens (tertiary/aromatic N) is 3. The molecule has 1 heterocycles. The summed E-state index contributed by atoms with van der Waals surface area (Å²) in [6.45, 7) is 11.0. The van der Waals surface area contributed by atoms with Gasteiger partial charge in [0, 0.05) is 24.5 Å². The van der Waals surface area contributed by atoms with Crippen molar-refractivity contribution in [3.63, 3.8) is 0 Å². The molecule has 0 aliphatic heterocycles. The molecule has 1 aromatic rings. The summed E-state index contributed by atoms with van der Waals surface area (Å²) < 4.78 is 2.28. The first-order valence-electron chi connectivity index (χ1n) is 7.36. The van der Waals surface area contributed by atoms with E-state index < -0.39 is 0 Å². The SMILES string of the molecule is CCCNC(c1nccn1CCC)C(C)(C)N(C)C. The molecule has 4 nitrogen and oxygen atoms in total. The molecular weight excluding hydrogens is 236 g/mol. The fourth-order valence-electron chi connectivity index (χ4n) is 2.21. The Morgan fingerprint density at radius 2 is 2.00 bits per heavy atom. The maximum Gasteiger partial charge on any atom is 0.127 e. The lowest BCUT2D eigenvalue weighted by Gasteiger charge is -2.40. The van der Waals surface area contributed by atoms with Gasteiger partial charge in [-0.05, 0) is 47.3 Å². The van der Waals surface area contributed by atoms with Gasteiger partial charge in [0.1, 0.15) is 5.82 Å². The van der Waals surface area contributed by atoms with E-state index in [0.717, 1.165) is 31.8 Å². The van der Waals surface area contributed by atoms with Crippen LogP contribution >= 0.6 is 0 Å². The van der Waals surface area contributed by atoms with Crippen LogP contribution in [0.3, 0.4) is 0 Å². The minimum absolute atomic E-state index is 0.0199. The predicted octanol–water partition coefficient (Wildman–Crippen LogP) is 2.67. The molecule has 0 radical (unpaired) electrons. The lowest BCUT2D eigenvalue weighted by Crippen LogP contribution is -2.50. The van der Waals surface area contributed by atoms with Crippen LogP contribution in [0.5, 0.6) is 0 Å². The van der Waals surface area contributed by atoms with Gasteiger partial charge in [-0.3, -0.25) is 0 Å². The molecule has 0 aliphatic rings. The molecule has 1 rings (SSSR count). The summed E-state index contributed by atoms with van der Waals surface area (Å²) in [4.78, 5) is 6.88. The van der Waals surface area contributed by atoms with Gasteiger partial charge in [0.2, 0.25) is 0 Å². The van der Waals surface area contributed by atoms with Gasteiger partial charge in [-0.1, -0.05) is 13.8 Å². The van der Waals surface area contributed by atoms with Gasteiger partial charge in [0.05, 0.1) is 6.04 Å². The Morgan fingerprint density at radius 1 is 1.32 bits per heavy atom. The molecule has 19 heavy (non-hydrogen) atoms. The highest BCUT2D eigenvalue weighted by molar-refractivity contribution is 5.08. The van der Waals surface area contributed by atoms with Crippen molar-refractivity contribution in [2.45, 2.75) is 58.7 Å². The molecule has 0 aromatic carbocycles. The third-order valence-corrected chi connectivity index (χ3v) is 3.93. The lowest BCUT2D eigenvalue weighted by molar-refractivity contribution is 0.131. The smallest absolute Gasteiger partial charge is 0.127 e. The van der Waals surface area contributed by atoms with E-state index in [1.54, 1.807) is 0 Å². The lowest BCUT2D eigenvalue weighted by atomic mass is 9.92. The number of rotatable bonds is 8. The van der Waals surface area contributed by atoms with Crippen LogP contribution in [-0.2, 0) is 6.54 Å². The molecule has 1 aromatic heterocycles. The molecule has 0 amide bonds. The van der Waals surface area contributed by atoms with Gasteiger partial charge in [-0.2, -0.15) is 0 Å². The fraction of sp³-hybridized carbons (Fsp3) is 0.800. The van der Waals surface area contributed by atoms with Crippen molar-refractivity contribution in [3.05, 3.63) is 18.2 Å². The summed E-state index contributed by atoms with van der Waals surface area (Å²) >= 11 is 0. The molecular formula is C15H30N4. The first kappa shape index (κ1) is 16.2. The Balaban J connectivity index is 3.05. The molecule has 1 N–H and O–H groups in total. The monoisotopic (exact) mass is 266 g/mol. The molecule has 0 fully saturated rings. The zero-order chi connectivity index (χ0) is 14.5. The Hall–Kier alpha value is -0.870. The van der Waals surface area contributed by atoms with Crippen LogP contribution in [0.15, 0.2) is 12.4 Å². The molecule has 0 spiro atoms. The van der Waals surface area contributed by atoms with E-state index in [0.29, 0.717) is 0 Å². The number of aryl methyl sites for hydroxylation is 1. The summed E-state index contributed by atoms with van der Waals surface area (Å²) in [6, 6.07) is 0.240. The minimum Gasteiger partial charge on any atom is -0.334 e. The third kappa shape index (κ3) is 3.80. The predicted molar refractivity (Wildman–Crippen MR) is 81.3 cm³/mol. The first-order chi connectivity index (χ1) is 8.95. The van der Waals surface area contributed by atoms with Crippen molar-refractivity contribution in [2.75, 3.05) is 20.6 Å². The van der Waals surface area contributed by atoms with E-state index in [1.807, 2.05) is 6.20 Å². The second kappa shape index (κ2) is 7.06. The van der Waals surface area contributed by atoms with Crippen LogP contribution in [0.2, 0.25) is 0 Å². The van der Waals surface area contributed by atoms with Gasteiger partial charge in [0.25, 0.3) is 0 Å². The molecule has 1 unspecified atom stereocenters. The number of aromatic nitrogens is 2. The maximum absolute atomic E-state index is 4.61. The molecule has 0 saturated heterocycles. The zero-order valence-corrected chi connectivity index (χ0v) is 13.4. The number of hydrogen-bond acceptors (Lipinski definition) is 3. The van der Waals surface area contributed by atoms with Crippen molar-refractivity contribution in [1.82, 2.24) is 19.8 Å². The van der Waals surface area contributed by atoms with Crippen LogP contribution in [0, 0.1) is 0 Å². The average molecular weight is 266 g/mol. The largest absolute Gasteiger partial charge is 0.334 e. The van der Waals surface area contributed by atoms with E-state index >= 15 is 0 Å². The quantitative estimate of drug-likeness (QED) is 0.785. The van der Waals surface area contributed by atoms with Crippen LogP contribution in [0.1, 0.15) is 52.4 Å². The molecule has 0 aliphatic carbocycles. The molecule has 4 heteroatoms. The summed E-state index contributed by atoms with van der Waals surface area (Å²) in [5, 5.41) is 3.67. The topological polar surface area (TPSA) is 33.1 Å². The first-order valence-corrected chi connectivity index (χ1v) is 7.36. The second-order valence-electron chi connectivity index (χ2n) is 5.91. The van der Waals surface area contributed by atoms with Gasteiger partial charge < -0.3 is 14.8 Å². The minimum atomic E-state index is 0.0199. The van der Waals surface area contributed by atoms with Crippen molar-refractivity contribution >= 4 is 0 Å². The van der Waals surface area contributed by atoms with Crippen molar-refractivity contribution in [1.29, 1.82) is 0 Å². The van der Waals surface area contributed by atoms with E-state index in [1.165, 1.54) is 0 Å². The summed E-state index contributed by atoms with van der Waals surface area (Å²) in [5.41, 5.74) is 0.0199. The van der Waals surface area contributed by atoms with Gasteiger partial charge in [-0.15, -0.1) is 0 Å². The Labute approximate surface area is 118 Å².